The number of ether oxygens (including phenoxy) is 1. The zero-order valence-electron chi connectivity index (χ0n) is 16.0. The van der Waals surface area contributed by atoms with Crippen molar-refractivity contribution < 1.29 is 31.5 Å². The van der Waals surface area contributed by atoms with Gasteiger partial charge in [-0.05, 0) is 44.4 Å². The number of hydrogen-bond donors (Lipinski definition) is 1. The van der Waals surface area contributed by atoms with Crippen LogP contribution in [0.3, 0.4) is 0 Å². The van der Waals surface area contributed by atoms with Crippen molar-refractivity contribution in [2.45, 2.75) is 43.5 Å². The number of carbonyl (C=O) groups excluding carboxylic acids is 2. The predicted octanol–water partition coefficient (Wildman–Crippen LogP) is 1.82. The Bertz CT molecular complexity index is 854. The van der Waals surface area contributed by atoms with Crippen LogP contribution in [-0.4, -0.2) is 50.3 Å². The van der Waals surface area contributed by atoms with Crippen molar-refractivity contribution in [2.24, 2.45) is 5.92 Å². The number of nitrogens with zero attached hydrogens (tertiary/aromatic N) is 1. The lowest BCUT2D eigenvalue weighted by atomic mass is 9.93. The van der Waals surface area contributed by atoms with Crippen molar-refractivity contribution >= 4 is 21.9 Å². The maximum atomic E-state index is 13.9. The van der Waals surface area contributed by atoms with E-state index in [2.05, 4.69) is 5.32 Å². The summed E-state index contributed by atoms with van der Waals surface area (Å²) in [6, 6.07) is 2.25. The van der Waals surface area contributed by atoms with Crippen LogP contribution in [0.25, 0.3) is 0 Å². The number of esters is 1. The number of amides is 1. The first-order chi connectivity index (χ1) is 13.0. The van der Waals surface area contributed by atoms with Gasteiger partial charge in [-0.15, -0.1) is 0 Å². The van der Waals surface area contributed by atoms with Gasteiger partial charge in [0.25, 0.3) is 0 Å². The SMILES string of the molecule is CCC(C)(NC(=O)C1CCN(S(=O)(=O)c2cc(F)ccc2F)CC1)C(=O)OC. The van der Waals surface area contributed by atoms with E-state index in [0.717, 1.165) is 16.4 Å². The van der Waals surface area contributed by atoms with E-state index in [9.17, 15) is 26.8 Å². The standard InChI is InChI=1S/C18H24F2N2O5S/c1-4-18(2,17(24)27-3)21-16(23)12-7-9-22(10-8-12)28(25,26)15-11-13(19)5-6-14(15)20/h5-6,11-12H,4,7-10H2,1-3H3,(H,21,23). The van der Waals surface area contributed by atoms with E-state index >= 15 is 0 Å². The molecule has 1 N–H and O–H groups in total. The van der Waals surface area contributed by atoms with Crippen LogP contribution in [0.15, 0.2) is 23.1 Å². The first-order valence-electron chi connectivity index (χ1n) is 8.90. The van der Waals surface area contributed by atoms with Gasteiger partial charge in [-0.3, -0.25) is 4.79 Å². The lowest BCUT2D eigenvalue weighted by molar-refractivity contribution is -0.151. The fourth-order valence-corrected chi connectivity index (χ4v) is 4.60. The number of benzene rings is 1. The third-order valence-corrected chi connectivity index (χ3v) is 6.99. The molecule has 0 saturated carbocycles. The quantitative estimate of drug-likeness (QED) is 0.712. The van der Waals surface area contributed by atoms with Gasteiger partial charge in [-0.2, -0.15) is 4.31 Å². The number of nitrogens with one attached hydrogen (secondary N) is 1. The Labute approximate surface area is 163 Å². The second-order valence-corrected chi connectivity index (χ2v) is 8.83. The Hall–Kier alpha value is -2.07. The van der Waals surface area contributed by atoms with E-state index in [-0.39, 0.29) is 31.8 Å². The molecule has 1 heterocycles. The van der Waals surface area contributed by atoms with Crippen molar-refractivity contribution in [1.29, 1.82) is 0 Å². The van der Waals surface area contributed by atoms with E-state index < -0.39 is 44.0 Å². The van der Waals surface area contributed by atoms with Crippen LogP contribution in [0.4, 0.5) is 8.78 Å². The molecule has 1 aromatic rings. The number of carbonyl (C=O) groups is 2. The molecule has 0 bridgehead atoms. The fraction of sp³-hybridized carbons (Fsp3) is 0.556. The molecule has 0 radical (unpaired) electrons. The maximum Gasteiger partial charge on any atom is 0.331 e. The van der Waals surface area contributed by atoms with Crippen LogP contribution in [0, 0.1) is 17.6 Å². The molecule has 1 aliphatic rings. The summed E-state index contributed by atoms with van der Waals surface area (Å²) in [7, 11) is -2.98. The molecule has 2 rings (SSSR count). The molecule has 1 aliphatic heterocycles. The lowest BCUT2D eigenvalue weighted by Crippen LogP contribution is -2.55. The van der Waals surface area contributed by atoms with Gasteiger partial charge in [0, 0.05) is 19.0 Å². The first kappa shape index (κ1) is 22.2. The Balaban J connectivity index is 2.07. The molecule has 1 unspecified atom stereocenters. The number of sulfonamides is 1. The summed E-state index contributed by atoms with van der Waals surface area (Å²) in [4.78, 5) is 23.7. The molecule has 1 aromatic carbocycles. The van der Waals surface area contributed by atoms with Gasteiger partial charge in [0.2, 0.25) is 15.9 Å². The molecule has 1 amide bonds. The molecule has 28 heavy (non-hydrogen) atoms. The molecule has 1 saturated heterocycles. The molecule has 10 heteroatoms. The van der Waals surface area contributed by atoms with E-state index in [1.165, 1.54) is 7.11 Å². The van der Waals surface area contributed by atoms with E-state index in [4.69, 9.17) is 4.74 Å². The Kier molecular flexibility index (Phi) is 6.76. The van der Waals surface area contributed by atoms with Crippen LogP contribution >= 0.6 is 0 Å². The van der Waals surface area contributed by atoms with Gasteiger partial charge in [0.05, 0.1) is 7.11 Å². The van der Waals surface area contributed by atoms with Crippen LogP contribution in [0.5, 0.6) is 0 Å². The summed E-state index contributed by atoms with van der Waals surface area (Å²) in [5, 5.41) is 2.67. The molecule has 0 aliphatic carbocycles. The molecule has 0 spiro atoms. The molecular weight excluding hydrogens is 394 g/mol. The minimum absolute atomic E-state index is 0.0164. The van der Waals surface area contributed by atoms with Gasteiger partial charge in [0.15, 0.2) is 0 Å². The van der Waals surface area contributed by atoms with Gasteiger partial charge in [0.1, 0.15) is 22.1 Å². The average molecular weight is 418 g/mol. The summed E-state index contributed by atoms with van der Waals surface area (Å²) in [5.74, 6) is -3.32. The minimum atomic E-state index is -4.21. The Morgan fingerprint density at radius 1 is 1.29 bits per heavy atom. The summed E-state index contributed by atoms with van der Waals surface area (Å²) < 4.78 is 58.2. The zero-order chi connectivity index (χ0) is 21.1. The second kappa shape index (κ2) is 8.52. The minimum Gasteiger partial charge on any atom is -0.467 e. The smallest absolute Gasteiger partial charge is 0.331 e. The lowest BCUT2D eigenvalue weighted by Gasteiger charge is -2.33. The van der Waals surface area contributed by atoms with Crippen LogP contribution in [-0.2, 0) is 24.3 Å². The number of methoxy groups -OCH3 is 1. The molecule has 0 aromatic heterocycles. The maximum absolute atomic E-state index is 13.9. The second-order valence-electron chi connectivity index (χ2n) is 6.92. The molecule has 156 valence electrons. The van der Waals surface area contributed by atoms with Crippen molar-refractivity contribution in [3.05, 3.63) is 29.8 Å². The summed E-state index contributed by atoms with van der Waals surface area (Å²) in [6.45, 7) is 3.26. The van der Waals surface area contributed by atoms with Crippen molar-refractivity contribution in [3.63, 3.8) is 0 Å². The van der Waals surface area contributed by atoms with E-state index in [0.29, 0.717) is 12.5 Å². The van der Waals surface area contributed by atoms with Gasteiger partial charge >= 0.3 is 5.97 Å². The van der Waals surface area contributed by atoms with Crippen LogP contribution < -0.4 is 5.32 Å². The number of hydrogen-bond acceptors (Lipinski definition) is 5. The zero-order valence-corrected chi connectivity index (χ0v) is 16.8. The predicted molar refractivity (Wildman–Crippen MR) is 96.7 cm³/mol. The summed E-state index contributed by atoms with van der Waals surface area (Å²) in [6.07, 6.45) is 0.726. The van der Waals surface area contributed by atoms with Crippen molar-refractivity contribution in [1.82, 2.24) is 9.62 Å². The summed E-state index contributed by atoms with van der Waals surface area (Å²) in [5.41, 5.74) is -1.17. The molecule has 1 fully saturated rings. The molecular formula is C18H24F2N2O5S. The highest BCUT2D eigenvalue weighted by Crippen LogP contribution is 2.26. The van der Waals surface area contributed by atoms with Gasteiger partial charge in [-0.1, -0.05) is 6.92 Å². The number of halogens is 2. The highest BCUT2D eigenvalue weighted by Gasteiger charge is 2.38. The third kappa shape index (κ3) is 4.49. The van der Waals surface area contributed by atoms with Gasteiger partial charge in [-0.25, -0.2) is 22.0 Å². The normalized spacial score (nSPS) is 18.3. The highest BCUT2D eigenvalue weighted by molar-refractivity contribution is 7.89. The largest absolute Gasteiger partial charge is 0.467 e. The van der Waals surface area contributed by atoms with Crippen LogP contribution in [0.2, 0.25) is 0 Å². The Morgan fingerprint density at radius 2 is 1.89 bits per heavy atom. The third-order valence-electron chi connectivity index (χ3n) is 5.08. The van der Waals surface area contributed by atoms with Crippen LogP contribution in [0.1, 0.15) is 33.1 Å². The van der Waals surface area contributed by atoms with E-state index in [1.807, 2.05) is 0 Å². The monoisotopic (exact) mass is 418 g/mol. The average Bonchev–Trinajstić information content (AvgIpc) is 2.68. The topological polar surface area (TPSA) is 92.8 Å². The number of rotatable bonds is 6. The van der Waals surface area contributed by atoms with E-state index in [1.54, 1.807) is 13.8 Å². The van der Waals surface area contributed by atoms with Crippen molar-refractivity contribution in [2.75, 3.05) is 20.2 Å². The number of piperidine rings is 1. The molecule has 1 atom stereocenters. The van der Waals surface area contributed by atoms with Gasteiger partial charge < -0.3 is 10.1 Å². The molecule has 7 nitrogen and oxygen atoms in total. The first-order valence-corrected chi connectivity index (χ1v) is 10.3. The van der Waals surface area contributed by atoms with Crippen molar-refractivity contribution in [3.8, 4) is 0 Å². The highest BCUT2D eigenvalue weighted by atomic mass is 32.2. The fourth-order valence-electron chi connectivity index (χ4n) is 3.06. The summed E-state index contributed by atoms with van der Waals surface area (Å²) >= 11 is 0. The Morgan fingerprint density at radius 3 is 2.43 bits per heavy atom.